The van der Waals surface area contributed by atoms with E-state index in [-0.39, 0.29) is 0 Å². The third kappa shape index (κ3) is 3.47. The maximum absolute atomic E-state index is 11.6. The van der Waals surface area contributed by atoms with Crippen molar-refractivity contribution in [3.63, 3.8) is 0 Å². The molecule has 1 fully saturated rings. The molecule has 1 heterocycles. The molecular formula is C15H21NO3. The number of nitrogens with zero attached hydrogens (tertiary/aromatic N) is 1. The first kappa shape index (κ1) is 13.9. The van der Waals surface area contributed by atoms with Crippen LogP contribution in [0.3, 0.4) is 0 Å². The highest BCUT2D eigenvalue weighted by molar-refractivity contribution is 5.75. The predicted molar refractivity (Wildman–Crippen MR) is 73.4 cm³/mol. The molecule has 4 heteroatoms. The van der Waals surface area contributed by atoms with Crippen molar-refractivity contribution in [2.24, 2.45) is 0 Å². The summed E-state index contributed by atoms with van der Waals surface area (Å²) >= 11 is 0. The van der Waals surface area contributed by atoms with E-state index in [1.807, 2.05) is 24.3 Å². The summed E-state index contributed by atoms with van der Waals surface area (Å²) in [7, 11) is 1.60. The summed E-state index contributed by atoms with van der Waals surface area (Å²) in [5.74, 6) is -0.0753. The van der Waals surface area contributed by atoms with Crippen LogP contribution in [0.2, 0.25) is 0 Å². The lowest BCUT2D eigenvalue weighted by molar-refractivity contribution is -0.143. The van der Waals surface area contributed by atoms with Gasteiger partial charge in [-0.2, -0.15) is 0 Å². The lowest BCUT2D eigenvalue weighted by Crippen LogP contribution is -2.34. The van der Waals surface area contributed by atoms with Crippen LogP contribution in [-0.4, -0.2) is 36.2 Å². The first-order valence-corrected chi connectivity index (χ1v) is 6.83. The van der Waals surface area contributed by atoms with Crippen molar-refractivity contribution in [2.45, 2.75) is 31.7 Å². The zero-order valence-electron chi connectivity index (χ0n) is 11.3. The monoisotopic (exact) mass is 263 g/mol. The molecule has 0 amide bonds. The van der Waals surface area contributed by atoms with Crippen LogP contribution in [-0.2, 0) is 4.79 Å². The van der Waals surface area contributed by atoms with Crippen LogP contribution in [0, 0.1) is 0 Å². The van der Waals surface area contributed by atoms with Gasteiger partial charge in [0.2, 0.25) is 0 Å². The lowest BCUT2D eigenvalue weighted by Gasteiger charge is -2.27. The molecule has 1 N–H and O–H groups in total. The van der Waals surface area contributed by atoms with Crippen molar-refractivity contribution in [1.29, 1.82) is 0 Å². The molecule has 4 nitrogen and oxygen atoms in total. The molecule has 19 heavy (non-hydrogen) atoms. The minimum absolute atomic E-state index is 0.562. The summed E-state index contributed by atoms with van der Waals surface area (Å²) in [6.45, 7) is 1.71. The van der Waals surface area contributed by atoms with Gasteiger partial charge in [-0.1, -0.05) is 25.0 Å². The number of hydrogen-bond donors (Lipinski definition) is 1. The minimum atomic E-state index is -0.782. The Kier molecular flexibility index (Phi) is 4.80. The normalized spacial score (nSPS) is 18.6. The Balaban J connectivity index is 2.25. The second-order valence-electron chi connectivity index (χ2n) is 4.97. The number of aliphatic carboxylic acids is 1. The molecule has 0 radical (unpaired) electrons. The number of ether oxygens (including phenoxy) is 1. The van der Waals surface area contributed by atoms with Crippen molar-refractivity contribution in [2.75, 3.05) is 20.2 Å². The minimum Gasteiger partial charge on any atom is -0.497 e. The Morgan fingerprint density at radius 1 is 1.26 bits per heavy atom. The van der Waals surface area contributed by atoms with Crippen molar-refractivity contribution < 1.29 is 14.6 Å². The van der Waals surface area contributed by atoms with Gasteiger partial charge in [-0.05, 0) is 43.6 Å². The summed E-state index contributed by atoms with van der Waals surface area (Å²) in [6, 6.07) is 6.82. The van der Waals surface area contributed by atoms with Crippen LogP contribution in [0.15, 0.2) is 24.3 Å². The predicted octanol–water partition coefficient (Wildman–Crippen LogP) is 2.70. The molecule has 0 spiro atoms. The molecular weight excluding hydrogens is 242 g/mol. The Morgan fingerprint density at radius 2 is 1.95 bits per heavy atom. The van der Waals surface area contributed by atoms with Crippen LogP contribution in [0.5, 0.6) is 5.75 Å². The quantitative estimate of drug-likeness (QED) is 0.907. The summed E-state index contributed by atoms with van der Waals surface area (Å²) < 4.78 is 5.19. The van der Waals surface area contributed by atoms with E-state index in [1.54, 1.807) is 7.11 Å². The van der Waals surface area contributed by atoms with E-state index in [4.69, 9.17) is 4.74 Å². The second-order valence-corrected chi connectivity index (χ2v) is 4.97. The molecule has 104 valence electrons. The number of likely N-dealkylation sites (tertiary alicyclic amines) is 1. The van der Waals surface area contributed by atoms with E-state index >= 15 is 0 Å². The second kappa shape index (κ2) is 6.57. The molecule has 1 aromatic rings. The van der Waals surface area contributed by atoms with E-state index in [1.165, 1.54) is 12.8 Å². The number of carbonyl (C=O) groups is 1. The van der Waals surface area contributed by atoms with Crippen molar-refractivity contribution in [3.8, 4) is 5.75 Å². The van der Waals surface area contributed by atoms with E-state index in [0.29, 0.717) is 5.75 Å². The van der Waals surface area contributed by atoms with Crippen LogP contribution in [0.1, 0.15) is 37.3 Å². The van der Waals surface area contributed by atoms with E-state index in [0.717, 1.165) is 31.5 Å². The fourth-order valence-corrected chi connectivity index (χ4v) is 2.67. The van der Waals surface area contributed by atoms with Gasteiger partial charge < -0.3 is 9.84 Å². The third-order valence-electron chi connectivity index (χ3n) is 3.65. The molecule has 1 aromatic carbocycles. The number of carboxylic acid groups (broad SMARTS) is 1. The van der Waals surface area contributed by atoms with Crippen LogP contribution in [0.4, 0.5) is 0 Å². The van der Waals surface area contributed by atoms with Gasteiger partial charge in [-0.15, -0.1) is 0 Å². The molecule has 0 aromatic heterocycles. The summed E-state index contributed by atoms with van der Waals surface area (Å²) in [4.78, 5) is 13.7. The fraction of sp³-hybridized carbons (Fsp3) is 0.533. The van der Waals surface area contributed by atoms with Gasteiger partial charge in [0.15, 0.2) is 0 Å². The number of hydrogen-bond acceptors (Lipinski definition) is 3. The Labute approximate surface area is 114 Å². The molecule has 2 rings (SSSR count). The number of methoxy groups -OCH3 is 1. The van der Waals surface area contributed by atoms with Gasteiger partial charge >= 0.3 is 5.97 Å². The molecule has 1 aliphatic heterocycles. The highest BCUT2D eigenvalue weighted by Crippen LogP contribution is 2.27. The van der Waals surface area contributed by atoms with Crippen LogP contribution >= 0.6 is 0 Å². The zero-order chi connectivity index (χ0) is 13.7. The van der Waals surface area contributed by atoms with Crippen LogP contribution in [0.25, 0.3) is 0 Å². The maximum atomic E-state index is 11.6. The molecule has 1 saturated heterocycles. The van der Waals surface area contributed by atoms with Gasteiger partial charge in [0.05, 0.1) is 7.11 Å². The first-order chi connectivity index (χ1) is 9.22. The first-order valence-electron chi connectivity index (χ1n) is 6.83. The molecule has 0 saturated carbocycles. The Bertz CT molecular complexity index is 425. The highest BCUT2D eigenvalue weighted by atomic mass is 16.5. The van der Waals surface area contributed by atoms with Gasteiger partial charge in [-0.25, -0.2) is 0 Å². The Morgan fingerprint density at radius 3 is 2.53 bits per heavy atom. The maximum Gasteiger partial charge on any atom is 0.325 e. The van der Waals surface area contributed by atoms with Crippen molar-refractivity contribution >= 4 is 5.97 Å². The van der Waals surface area contributed by atoms with Crippen molar-refractivity contribution in [3.05, 3.63) is 29.8 Å². The average Bonchev–Trinajstić information content (AvgIpc) is 2.68. The summed E-state index contributed by atoms with van der Waals surface area (Å²) in [6.07, 6.45) is 4.55. The SMILES string of the molecule is COc1cccc(C(C(=O)O)N2CCCCCC2)c1. The third-order valence-corrected chi connectivity index (χ3v) is 3.65. The number of rotatable bonds is 4. The van der Waals surface area contributed by atoms with Gasteiger partial charge in [-0.3, -0.25) is 9.69 Å². The standard InChI is InChI=1S/C15H21NO3/c1-19-13-8-6-7-12(11-13)14(15(17)18)16-9-4-2-3-5-10-16/h6-8,11,14H,2-5,9-10H2,1H3,(H,17,18). The van der Waals surface area contributed by atoms with E-state index in [2.05, 4.69) is 4.90 Å². The molecule has 1 aliphatic rings. The molecule has 1 unspecified atom stereocenters. The van der Waals surface area contributed by atoms with Gasteiger partial charge in [0.25, 0.3) is 0 Å². The van der Waals surface area contributed by atoms with Gasteiger partial charge in [0.1, 0.15) is 11.8 Å². The molecule has 0 aliphatic carbocycles. The smallest absolute Gasteiger partial charge is 0.325 e. The largest absolute Gasteiger partial charge is 0.497 e. The lowest BCUT2D eigenvalue weighted by atomic mass is 10.0. The average molecular weight is 263 g/mol. The number of benzene rings is 1. The van der Waals surface area contributed by atoms with Crippen LogP contribution < -0.4 is 4.74 Å². The van der Waals surface area contributed by atoms with E-state index < -0.39 is 12.0 Å². The van der Waals surface area contributed by atoms with Crippen molar-refractivity contribution in [1.82, 2.24) is 4.90 Å². The summed E-state index contributed by atoms with van der Waals surface area (Å²) in [5, 5.41) is 9.55. The topological polar surface area (TPSA) is 49.8 Å². The van der Waals surface area contributed by atoms with Gasteiger partial charge in [0, 0.05) is 0 Å². The fourth-order valence-electron chi connectivity index (χ4n) is 2.67. The van der Waals surface area contributed by atoms with E-state index in [9.17, 15) is 9.90 Å². The summed E-state index contributed by atoms with van der Waals surface area (Å²) in [5.41, 5.74) is 0.800. The number of carboxylic acids is 1. The molecule has 1 atom stereocenters. The molecule has 0 bridgehead atoms. The Hall–Kier alpha value is -1.55. The highest BCUT2D eigenvalue weighted by Gasteiger charge is 2.27. The zero-order valence-corrected chi connectivity index (χ0v) is 11.3.